The number of halogens is 2. The van der Waals surface area contributed by atoms with Crippen molar-refractivity contribution in [3.05, 3.63) is 52.4 Å². The third-order valence-electron chi connectivity index (χ3n) is 2.34. The second kappa shape index (κ2) is 5.34. The molecule has 2 rings (SSSR count). The van der Waals surface area contributed by atoms with Crippen LogP contribution in [0.25, 0.3) is 0 Å². The average molecular weight is 268 g/mol. The van der Waals surface area contributed by atoms with Crippen molar-refractivity contribution in [2.45, 2.75) is 6.54 Å². The molecule has 0 atom stereocenters. The zero-order chi connectivity index (χ0) is 12.3. The summed E-state index contributed by atoms with van der Waals surface area (Å²) in [5, 5.41) is 1.28. The number of anilines is 1. The molecule has 0 spiro atoms. The Morgan fingerprint density at radius 3 is 2.53 bits per heavy atom. The predicted octanol–water partition coefficient (Wildman–Crippen LogP) is 3.42. The molecule has 5 heteroatoms. The molecule has 1 heterocycles. The molecule has 88 valence electrons. The zero-order valence-corrected chi connectivity index (χ0v) is 10.8. The second-order valence-electron chi connectivity index (χ2n) is 3.68. The fourth-order valence-corrected chi connectivity index (χ4v) is 1.90. The highest BCUT2D eigenvalue weighted by atomic mass is 35.5. The molecule has 0 bridgehead atoms. The Morgan fingerprint density at radius 1 is 1.18 bits per heavy atom. The molecule has 0 fully saturated rings. The molecular weight excluding hydrogens is 257 g/mol. The van der Waals surface area contributed by atoms with Gasteiger partial charge in [-0.1, -0.05) is 35.3 Å². The van der Waals surface area contributed by atoms with Gasteiger partial charge in [-0.2, -0.15) is 0 Å². The summed E-state index contributed by atoms with van der Waals surface area (Å²) in [5.74, 6) is 0.719. The Kier molecular flexibility index (Phi) is 3.82. The fourth-order valence-electron chi connectivity index (χ4n) is 1.53. The summed E-state index contributed by atoms with van der Waals surface area (Å²) >= 11 is 11.9. The van der Waals surface area contributed by atoms with E-state index in [1.807, 2.05) is 36.2 Å². The lowest BCUT2D eigenvalue weighted by Crippen LogP contribution is -2.18. The van der Waals surface area contributed by atoms with Gasteiger partial charge in [0.05, 0.1) is 6.20 Å². The Balaban J connectivity index is 2.14. The van der Waals surface area contributed by atoms with Gasteiger partial charge < -0.3 is 4.90 Å². The standard InChI is InChI=1S/C12H11Cl2N3/c1-17(12-11(14)6-15-8-16-12)7-9-2-4-10(13)5-3-9/h2-6,8H,7H2,1H3. The number of rotatable bonds is 3. The monoisotopic (exact) mass is 267 g/mol. The molecule has 3 nitrogen and oxygen atoms in total. The van der Waals surface area contributed by atoms with E-state index < -0.39 is 0 Å². The highest BCUT2D eigenvalue weighted by Crippen LogP contribution is 2.21. The molecule has 0 aliphatic rings. The van der Waals surface area contributed by atoms with Gasteiger partial charge in [-0.25, -0.2) is 9.97 Å². The van der Waals surface area contributed by atoms with E-state index in [9.17, 15) is 0 Å². The molecule has 1 aromatic carbocycles. The summed E-state index contributed by atoms with van der Waals surface area (Å²) in [6.45, 7) is 0.716. The van der Waals surface area contributed by atoms with Crippen LogP contribution in [0.15, 0.2) is 36.8 Å². The number of benzene rings is 1. The molecule has 17 heavy (non-hydrogen) atoms. The van der Waals surface area contributed by atoms with E-state index in [2.05, 4.69) is 9.97 Å². The van der Waals surface area contributed by atoms with Crippen LogP contribution in [0.3, 0.4) is 0 Å². The molecule has 0 saturated heterocycles. The Hall–Kier alpha value is -1.32. The second-order valence-corrected chi connectivity index (χ2v) is 4.52. The van der Waals surface area contributed by atoms with Crippen LogP contribution in [0.5, 0.6) is 0 Å². The van der Waals surface area contributed by atoms with Crippen LogP contribution in [0.2, 0.25) is 10.0 Å². The summed E-state index contributed by atoms with van der Waals surface area (Å²) in [7, 11) is 1.93. The minimum absolute atomic E-state index is 0.545. The molecule has 0 saturated carbocycles. The molecule has 0 N–H and O–H groups in total. The highest BCUT2D eigenvalue weighted by Gasteiger charge is 2.07. The van der Waals surface area contributed by atoms with Gasteiger partial charge in [-0.15, -0.1) is 0 Å². The third-order valence-corrected chi connectivity index (χ3v) is 2.86. The van der Waals surface area contributed by atoms with Crippen LogP contribution in [0.1, 0.15) is 5.56 Å². The minimum Gasteiger partial charge on any atom is -0.354 e. The lowest BCUT2D eigenvalue weighted by atomic mass is 10.2. The number of nitrogens with zero attached hydrogens (tertiary/aromatic N) is 3. The highest BCUT2D eigenvalue weighted by molar-refractivity contribution is 6.32. The normalized spacial score (nSPS) is 10.3. The first-order valence-electron chi connectivity index (χ1n) is 5.08. The van der Waals surface area contributed by atoms with Crippen molar-refractivity contribution in [2.75, 3.05) is 11.9 Å². The first-order valence-corrected chi connectivity index (χ1v) is 5.83. The van der Waals surface area contributed by atoms with E-state index in [1.165, 1.54) is 6.33 Å². The van der Waals surface area contributed by atoms with E-state index in [-0.39, 0.29) is 0 Å². The van der Waals surface area contributed by atoms with Crippen LogP contribution >= 0.6 is 23.2 Å². The molecule has 0 amide bonds. The van der Waals surface area contributed by atoms with Gasteiger partial charge in [0.15, 0.2) is 5.82 Å². The van der Waals surface area contributed by atoms with E-state index in [0.29, 0.717) is 11.6 Å². The molecule has 0 radical (unpaired) electrons. The van der Waals surface area contributed by atoms with Gasteiger partial charge in [-0.05, 0) is 17.7 Å². The molecule has 1 aromatic heterocycles. The Bertz CT molecular complexity index is 499. The first-order chi connectivity index (χ1) is 8.16. The summed E-state index contributed by atoms with van der Waals surface area (Å²) in [5.41, 5.74) is 1.14. The minimum atomic E-state index is 0.545. The van der Waals surface area contributed by atoms with Crippen molar-refractivity contribution in [1.82, 2.24) is 9.97 Å². The summed E-state index contributed by atoms with van der Waals surface area (Å²) < 4.78 is 0. The van der Waals surface area contributed by atoms with Crippen LogP contribution in [0, 0.1) is 0 Å². The van der Waals surface area contributed by atoms with Crippen molar-refractivity contribution in [3.8, 4) is 0 Å². The SMILES string of the molecule is CN(Cc1ccc(Cl)cc1)c1ncncc1Cl. The molecule has 2 aromatic rings. The maximum absolute atomic E-state index is 6.02. The fraction of sp³-hybridized carbons (Fsp3) is 0.167. The van der Waals surface area contributed by atoms with Crippen molar-refractivity contribution in [3.63, 3.8) is 0 Å². The van der Waals surface area contributed by atoms with Crippen molar-refractivity contribution in [1.29, 1.82) is 0 Å². The molecular formula is C12H11Cl2N3. The van der Waals surface area contributed by atoms with E-state index in [0.717, 1.165) is 16.4 Å². The van der Waals surface area contributed by atoms with Crippen molar-refractivity contribution >= 4 is 29.0 Å². The van der Waals surface area contributed by atoms with Gasteiger partial charge in [0.25, 0.3) is 0 Å². The summed E-state index contributed by atoms with van der Waals surface area (Å²) in [6.07, 6.45) is 3.07. The third kappa shape index (κ3) is 3.08. The average Bonchev–Trinajstić information content (AvgIpc) is 2.32. The topological polar surface area (TPSA) is 29.0 Å². The van der Waals surface area contributed by atoms with Gasteiger partial charge >= 0.3 is 0 Å². The van der Waals surface area contributed by atoms with Gasteiger partial charge in [0.1, 0.15) is 11.3 Å². The maximum atomic E-state index is 6.02. The van der Waals surface area contributed by atoms with Gasteiger partial charge in [0, 0.05) is 18.6 Å². The Labute approximate surface area is 110 Å². The number of hydrogen-bond acceptors (Lipinski definition) is 3. The molecule has 0 aliphatic carbocycles. The first kappa shape index (κ1) is 12.1. The van der Waals surface area contributed by atoms with E-state index in [4.69, 9.17) is 23.2 Å². The quantitative estimate of drug-likeness (QED) is 0.854. The lowest BCUT2D eigenvalue weighted by Gasteiger charge is -2.18. The van der Waals surface area contributed by atoms with Crippen LogP contribution in [-0.2, 0) is 6.54 Å². The lowest BCUT2D eigenvalue weighted by molar-refractivity contribution is 0.891. The Morgan fingerprint density at radius 2 is 1.88 bits per heavy atom. The number of aromatic nitrogens is 2. The van der Waals surface area contributed by atoms with E-state index >= 15 is 0 Å². The summed E-state index contributed by atoms with van der Waals surface area (Å²) in [4.78, 5) is 9.97. The predicted molar refractivity (Wildman–Crippen MR) is 70.6 cm³/mol. The smallest absolute Gasteiger partial charge is 0.150 e. The van der Waals surface area contributed by atoms with Crippen LogP contribution in [0.4, 0.5) is 5.82 Å². The van der Waals surface area contributed by atoms with Crippen molar-refractivity contribution in [2.24, 2.45) is 0 Å². The molecule has 0 aliphatic heterocycles. The molecule has 0 unspecified atom stereocenters. The number of hydrogen-bond donors (Lipinski definition) is 0. The van der Waals surface area contributed by atoms with E-state index in [1.54, 1.807) is 6.20 Å². The van der Waals surface area contributed by atoms with Crippen LogP contribution < -0.4 is 4.90 Å². The van der Waals surface area contributed by atoms with Gasteiger partial charge in [-0.3, -0.25) is 0 Å². The van der Waals surface area contributed by atoms with Gasteiger partial charge in [0.2, 0.25) is 0 Å². The van der Waals surface area contributed by atoms with Crippen LogP contribution in [-0.4, -0.2) is 17.0 Å². The largest absolute Gasteiger partial charge is 0.354 e. The maximum Gasteiger partial charge on any atom is 0.150 e. The zero-order valence-electron chi connectivity index (χ0n) is 9.27. The summed E-state index contributed by atoms with van der Waals surface area (Å²) in [6, 6.07) is 7.69. The van der Waals surface area contributed by atoms with Crippen molar-refractivity contribution < 1.29 is 0 Å².